The molecule has 0 aromatic heterocycles. The van der Waals surface area contributed by atoms with E-state index in [1.54, 1.807) is 48.5 Å². The lowest BCUT2D eigenvalue weighted by Gasteiger charge is -2.29. The fourth-order valence-corrected chi connectivity index (χ4v) is 3.77. The molecule has 3 amide bonds. The van der Waals surface area contributed by atoms with Crippen LogP contribution < -0.4 is 10.6 Å². The number of urea groups is 1. The van der Waals surface area contributed by atoms with E-state index in [-0.39, 0.29) is 5.56 Å². The highest BCUT2D eigenvalue weighted by molar-refractivity contribution is 5.98. The molecular weight excluding hydrogens is 375 g/mol. The van der Waals surface area contributed by atoms with E-state index in [1.165, 1.54) is 13.1 Å². The summed E-state index contributed by atoms with van der Waals surface area (Å²) in [4.78, 5) is 37.5. The first-order valence-electron chi connectivity index (χ1n) is 9.51. The van der Waals surface area contributed by atoms with Crippen molar-refractivity contribution < 1.29 is 23.5 Å². The average Bonchev–Trinajstić information content (AvgIpc) is 3.23. The number of hydrogen-bond acceptors (Lipinski definition) is 4. The first-order chi connectivity index (χ1) is 14.0. The minimum Gasteiger partial charge on any atom is -0.447 e. The van der Waals surface area contributed by atoms with Crippen molar-refractivity contribution in [1.82, 2.24) is 10.6 Å². The van der Waals surface area contributed by atoms with Gasteiger partial charge in [0.25, 0.3) is 5.91 Å². The quantitative estimate of drug-likeness (QED) is 0.757. The van der Waals surface area contributed by atoms with Crippen molar-refractivity contribution in [2.24, 2.45) is 0 Å². The molecule has 3 rings (SSSR count). The summed E-state index contributed by atoms with van der Waals surface area (Å²) >= 11 is 0. The molecule has 2 aromatic carbocycles. The molecule has 1 fully saturated rings. The van der Waals surface area contributed by atoms with Gasteiger partial charge in [-0.1, -0.05) is 61.4 Å². The molecule has 152 valence electrons. The van der Waals surface area contributed by atoms with Crippen molar-refractivity contribution in [1.29, 1.82) is 0 Å². The van der Waals surface area contributed by atoms with Crippen molar-refractivity contribution in [2.45, 2.75) is 37.2 Å². The van der Waals surface area contributed by atoms with Crippen molar-refractivity contribution in [3.8, 4) is 0 Å². The summed E-state index contributed by atoms with van der Waals surface area (Å²) in [6.45, 7) is 0. The first-order valence-corrected chi connectivity index (χ1v) is 9.51. The summed E-state index contributed by atoms with van der Waals surface area (Å²) in [6.07, 6.45) is 1.05. The lowest BCUT2D eigenvalue weighted by atomic mass is 9.78. The van der Waals surface area contributed by atoms with Crippen LogP contribution in [0.1, 0.15) is 42.9 Å². The monoisotopic (exact) mass is 398 g/mol. The topological polar surface area (TPSA) is 84.5 Å². The third kappa shape index (κ3) is 4.29. The van der Waals surface area contributed by atoms with Gasteiger partial charge >= 0.3 is 12.0 Å². The van der Waals surface area contributed by atoms with Crippen LogP contribution in [0.25, 0.3) is 0 Å². The highest BCUT2D eigenvalue weighted by Crippen LogP contribution is 2.44. The molecule has 0 bridgehead atoms. The zero-order valence-corrected chi connectivity index (χ0v) is 16.1. The molecule has 1 atom stereocenters. The molecule has 2 N–H and O–H groups in total. The smallest absolute Gasteiger partial charge is 0.321 e. The van der Waals surface area contributed by atoms with E-state index in [0.717, 1.165) is 12.8 Å². The Morgan fingerprint density at radius 1 is 1.00 bits per heavy atom. The van der Waals surface area contributed by atoms with Crippen LogP contribution in [0.2, 0.25) is 0 Å². The molecule has 0 heterocycles. The predicted molar refractivity (Wildman–Crippen MR) is 104 cm³/mol. The Morgan fingerprint density at radius 3 is 2.24 bits per heavy atom. The Kier molecular flexibility index (Phi) is 6.26. The summed E-state index contributed by atoms with van der Waals surface area (Å²) < 4.78 is 20.2. The normalized spacial score (nSPS) is 15.9. The predicted octanol–water partition coefficient (Wildman–Crippen LogP) is 3.38. The number of carbonyl (C=O) groups excluding carboxylic acids is 3. The second kappa shape index (κ2) is 8.86. The molecule has 1 saturated carbocycles. The van der Waals surface area contributed by atoms with Gasteiger partial charge in [0, 0.05) is 18.2 Å². The van der Waals surface area contributed by atoms with E-state index in [1.807, 2.05) is 0 Å². The van der Waals surface area contributed by atoms with Gasteiger partial charge < -0.3 is 10.1 Å². The van der Waals surface area contributed by atoms with Crippen LogP contribution in [-0.2, 0) is 19.7 Å². The standard InChI is InChI=1S/C22H23FN2O4/c1-24-21(28)25-19(26)18(15-9-3-2-4-10-15)29-20(27)22(13-7-8-14-22)16-11-5-6-12-17(16)23/h2-6,9-12,18H,7-8,13-14H2,1H3,(H2,24,25,26,28)/t18-/m0/s1. The van der Waals surface area contributed by atoms with Crippen LogP contribution >= 0.6 is 0 Å². The van der Waals surface area contributed by atoms with Gasteiger partial charge in [-0.25, -0.2) is 9.18 Å². The van der Waals surface area contributed by atoms with Gasteiger partial charge in [0.1, 0.15) is 5.82 Å². The van der Waals surface area contributed by atoms with Crippen LogP contribution in [0.15, 0.2) is 54.6 Å². The average molecular weight is 398 g/mol. The zero-order chi connectivity index (χ0) is 20.9. The summed E-state index contributed by atoms with van der Waals surface area (Å²) in [7, 11) is 1.37. The van der Waals surface area contributed by atoms with Crippen LogP contribution in [0.4, 0.5) is 9.18 Å². The van der Waals surface area contributed by atoms with Gasteiger partial charge in [-0.2, -0.15) is 0 Å². The number of halogens is 1. The summed E-state index contributed by atoms with van der Waals surface area (Å²) in [5, 5.41) is 4.44. The van der Waals surface area contributed by atoms with E-state index in [2.05, 4.69) is 10.6 Å². The van der Waals surface area contributed by atoms with Gasteiger partial charge in [-0.05, 0) is 18.9 Å². The summed E-state index contributed by atoms with van der Waals surface area (Å²) in [6, 6.07) is 13.9. The second-order valence-corrected chi connectivity index (χ2v) is 7.03. The van der Waals surface area contributed by atoms with Gasteiger partial charge in [0.05, 0.1) is 5.41 Å². The lowest BCUT2D eigenvalue weighted by molar-refractivity contribution is -0.162. The maximum Gasteiger partial charge on any atom is 0.321 e. The highest BCUT2D eigenvalue weighted by Gasteiger charge is 2.47. The number of imide groups is 1. The fraction of sp³-hybridized carbons (Fsp3) is 0.318. The number of nitrogens with one attached hydrogen (secondary N) is 2. The Balaban J connectivity index is 1.93. The van der Waals surface area contributed by atoms with E-state index >= 15 is 0 Å². The lowest BCUT2D eigenvalue weighted by Crippen LogP contribution is -2.43. The zero-order valence-electron chi connectivity index (χ0n) is 16.1. The number of ether oxygens (including phenoxy) is 1. The van der Waals surface area contributed by atoms with Crippen molar-refractivity contribution in [3.05, 3.63) is 71.5 Å². The largest absolute Gasteiger partial charge is 0.447 e. The van der Waals surface area contributed by atoms with E-state index < -0.39 is 35.2 Å². The second-order valence-electron chi connectivity index (χ2n) is 7.03. The minimum atomic E-state index is -1.33. The van der Waals surface area contributed by atoms with E-state index in [0.29, 0.717) is 18.4 Å². The third-order valence-electron chi connectivity index (χ3n) is 5.27. The molecule has 7 heteroatoms. The Morgan fingerprint density at radius 2 is 1.62 bits per heavy atom. The van der Waals surface area contributed by atoms with Gasteiger partial charge in [-0.15, -0.1) is 0 Å². The van der Waals surface area contributed by atoms with Gasteiger partial charge in [-0.3, -0.25) is 14.9 Å². The maximum absolute atomic E-state index is 14.5. The van der Waals surface area contributed by atoms with Crippen LogP contribution in [0.3, 0.4) is 0 Å². The van der Waals surface area contributed by atoms with Crippen molar-refractivity contribution in [3.63, 3.8) is 0 Å². The number of rotatable bonds is 5. The van der Waals surface area contributed by atoms with E-state index in [9.17, 15) is 18.8 Å². The summed E-state index contributed by atoms with van der Waals surface area (Å²) in [5.74, 6) is -1.91. The van der Waals surface area contributed by atoms with Crippen LogP contribution in [0, 0.1) is 5.82 Å². The molecule has 0 radical (unpaired) electrons. The minimum absolute atomic E-state index is 0.279. The molecule has 0 spiro atoms. The highest BCUT2D eigenvalue weighted by atomic mass is 19.1. The van der Waals surface area contributed by atoms with Crippen LogP contribution in [0.5, 0.6) is 0 Å². The van der Waals surface area contributed by atoms with Gasteiger partial charge in [0.15, 0.2) is 0 Å². The SMILES string of the molecule is CNC(=O)NC(=O)[C@@H](OC(=O)C1(c2ccccc2F)CCCC1)c1ccccc1. The van der Waals surface area contributed by atoms with Crippen molar-refractivity contribution >= 4 is 17.9 Å². The molecule has 2 aromatic rings. The van der Waals surface area contributed by atoms with E-state index in [4.69, 9.17) is 4.74 Å². The third-order valence-corrected chi connectivity index (χ3v) is 5.27. The fourth-order valence-electron chi connectivity index (χ4n) is 3.77. The molecular formula is C22H23FN2O4. The molecule has 29 heavy (non-hydrogen) atoms. The van der Waals surface area contributed by atoms with Crippen LogP contribution in [-0.4, -0.2) is 25.0 Å². The number of amides is 3. The Hall–Kier alpha value is -3.22. The summed E-state index contributed by atoms with van der Waals surface area (Å²) in [5.41, 5.74) is -0.448. The number of benzene rings is 2. The molecule has 0 aliphatic heterocycles. The number of esters is 1. The molecule has 1 aliphatic rings. The van der Waals surface area contributed by atoms with Gasteiger partial charge in [0.2, 0.25) is 6.10 Å². The number of carbonyl (C=O) groups is 3. The molecule has 6 nitrogen and oxygen atoms in total. The Bertz CT molecular complexity index is 895. The maximum atomic E-state index is 14.5. The first kappa shape index (κ1) is 20.5. The molecule has 0 unspecified atom stereocenters. The van der Waals surface area contributed by atoms with Crippen molar-refractivity contribution in [2.75, 3.05) is 7.05 Å². The molecule has 0 saturated heterocycles. The Labute approximate surface area is 168 Å². The number of hydrogen-bond donors (Lipinski definition) is 2. The molecule has 1 aliphatic carbocycles.